The number of para-hydroxylation sites is 1. The molecule has 1 atom stereocenters. The number of fused-ring (bicyclic) bond motifs is 1. The maximum Gasteiger partial charge on any atom is 0.237 e. The third-order valence-electron chi connectivity index (χ3n) is 4.98. The molecule has 1 aliphatic rings. The third-order valence-corrected chi connectivity index (χ3v) is 4.98. The van der Waals surface area contributed by atoms with Crippen molar-refractivity contribution >= 4 is 35.2 Å². The van der Waals surface area contributed by atoms with Gasteiger partial charge < -0.3 is 9.73 Å². The number of anilines is 1. The Morgan fingerprint density at radius 1 is 1.33 bits per heavy atom. The van der Waals surface area contributed by atoms with Crippen molar-refractivity contribution in [1.82, 2.24) is 20.1 Å². The summed E-state index contributed by atoms with van der Waals surface area (Å²) in [5.41, 5.74) is 0.786. The number of piperidine rings is 1. The summed E-state index contributed by atoms with van der Waals surface area (Å²) in [6.07, 6.45) is 2.04. The van der Waals surface area contributed by atoms with Crippen LogP contribution in [0.15, 0.2) is 34.7 Å². The van der Waals surface area contributed by atoms with Crippen LogP contribution < -0.4 is 10.6 Å². The summed E-state index contributed by atoms with van der Waals surface area (Å²) in [5.74, 6) is 1.70. The van der Waals surface area contributed by atoms with Gasteiger partial charge in [0.1, 0.15) is 11.3 Å². The molecule has 1 fully saturated rings. The predicted octanol–water partition coefficient (Wildman–Crippen LogP) is 3.19. The average molecular weight is 390 g/mol. The molecule has 7 nitrogen and oxygen atoms in total. The predicted molar refractivity (Wildman–Crippen MR) is 106 cm³/mol. The fraction of sp³-hybridized carbons (Fsp3) is 0.421. The van der Waals surface area contributed by atoms with Crippen molar-refractivity contribution in [3.05, 3.63) is 41.9 Å². The molecule has 3 heterocycles. The number of aromatic nitrogens is 3. The normalized spacial score (nSPS) is 16.1. The van der Waals surface area contributed by atoms with Gasteiger partial charge in [0.2, 0.25) is 11.9 Å². The van der Waals surface area contributed by atoms with E-state index in [4.69, 9.17) is 4.42 Å². The van der Waals surface area contributed by atoms with Crippen LogP contribution >= 0.6 is 12.4 Å². The molecule has 27 heavy (non-hydrogen) atoms. The van der Waals surface area contributed by atoms with Gasteiger partial charge in [0.25, 0.3) is 0 Å². The Kier molecular flexibility index (Phi) is 5.82. The molecular formula is C19H24ClN5O2. The van der Waals surface area contributed by atoms with Gasteiger partial charge in [-0.2, -0.15) is 10.1 Å². The van der Waals surface area contributed by atoms with Crippen molar-refractivity contribution in [2.24, 2.45) is 7.05 Å². The molecule has 2 N–H and O–H groups in total. The number of hydrogen-bond acceptors (Lipinski definition) is 5. The van der Waals surface area contributed by atoms with Gasteiger partial charge in [0.05, 0.1) is 5.92 Å². The molecule has 0 saturated carbocycles. The number of hydrogen-bond donors (Lipinski definition) is 2. The van der Waals surface area contributed by atoms with E-state index < -0.39 is 5.92 Å². The molecule has 1 unspecified atom stereocenters. The molecule has 1 aromatic carbocycles. The van der Waals surface area contributed by atoms with E-state index in [-0.39, 0.29) is 18.3 Å². The van der Waals surface area contributed by atoms with Crippen LogP contribution in [0.2, 0.25) is 0 Å². The third kappa shape index (κ3) is 3.99. The Hall–Kier alpha value is -2.38. The van der Waals surface area contributed by atoms with Crippen molar-refractivity contribution in [3.63, 3.8) is 0 Å². The van der Waals surface area contributed by atoms with E-state index in [0.717, 1.165) is 42.7 Å². The molecule has 4 rings (SSSR count). The van der Waals surface area contributed by atoms with Crippen molar-refractivity contribution in [1.29, 1.82) is 0 Å². The summed E-state index contributed by atoms with van der Waals surface area (Å²) < 4.78 is 7.45. The molecule has 0 radical (unpaired) electrons. The maximum absolute atomic E-state index is 12.7. The second-order valence-electron chi connectivity index (χ2n) is 6.84. The Morgan fingerprint density at radius 3 is 2.81 bits per heavy atom. The number of carbonyl (C=O) groups excluding carboxylic acids is 1. The SMILES string of the molecule is CC(C(=O)Nc1nc(C2CCNCC2)nn1C)c1cc2ccccc2o1.Cl. The Bertz CT molecular complexity index is 896. The number of rotatable bonds is 4. The molecule has 1 amide bonds. The highest BCUT2D eigenvalue weighted by atomic mass is 35.5. The summed E-state index contributed by atoms with van der Waals surface area (Å²) in [7, 11) is 1.80. The number of amides is 1. The van der Waals surface area contributed by atoms with Gasteiger partial charge in [-0.25, -0.2) is 4.68 Å². The van der Waals surface area contributed by atoms with Crippen LogP contribution in [0.5, 0.6) is 0 Å². The summed E-state index contributed by atoms with van der Waals surface area (Å²) >= 11 is 0. The fourth-order valence-electron chi connectivity index (χ4n) is 3.33. The minimum Gasteiger partial charge on any atom is -0.460 e. The number of aryl methyl sites for hydroxylation is 1. The van der Waals surface area contributed by atoms with Gasteiger partial charge in [-0.1, -0.05) is 18.2 Å². The zero-order valence-electron chi connectivity index (χ0n) is 15.4. The Balaban J connectivity index is 0.00000210. The zero-order valence-corrected chi connectivity index (χ0v) is 16.3. The molecular weight excluding hydrogens is 366 g/mol. The smallest absolute Gasteiger partial charge is 0.237 e. The van der Waals surface area contributed by atoms with Crippen molar-refractivity contribution in [2.75, 3.05) is 18.4 Å². The van der Waals surface area contributed by atoms with E-state index in [1.807, 2.05) is 37.3 Å². The van der Waals surface area contributed by atoms with E-state index in [1.165, 1.54) is 0 Å². The van der Waals surface area contributed by atoms with Gasteiger partial charge in [0.15, 0.2) is 5.82 Å². The van der Waals surface area contributed by atoms with Gasteiger partial charge in [-0.15, -0.1) is 12.4 Å². The van der Waals surface area contributed by atoms with Crippen LogP contribution in [-0.2, 0) is 11.8 Å². The van der Waals surface area contributed by atoms with Crippen LogP contribution in [0.4, 0.5) is 5.95 Å². The minimum absolute atomic E-state index is 0. The fourth-order valence-corrected chi connectivity index (χ4v) is 3.33. The molecule has 2 aromatic heterocycles. The van der Waals surface area contributed by atoms with Crippen molar-refractivity contribution < 1.29 is 9.21 Å². The first-order chi connectivity index (χ1) is 12.6. The number of furan rings is 1. The van der Waals surface area contributed by atoms with E-state index in [0.29, 0.717) is 17.6 Å². The van der Waals surface area contributed by atoms with E-state index in [2.05, 4.69) is 20.7 Å². The van der Waals surface area contributed by atoms with Gasteiger partial charge in [-0.3, -0.25) is 10.1 Å². The molecule has 0 aliphatic carbocycles. The highest BCUT2D eigenvalue weighted by Gasteiger charge is 2.24. The summed E-state index contributed by atoms with van der Waals surface area (Å²) in [6, 6.07) is 9.66. The average Bonchev–Trinajstić information content (AvgIpc) is 3.25. The lowest BCUT2D eigenvalue weighted by molar-refractivity contribution is -0.117. The van der Waals surface area contributed by atoms with Crippen LogP contribution in [0.3, 0.4) is 0 Å². The van der Waals surface area contributed by atoms with Crippen LogP contribution in [-0.4, -0.2) is 33.8 Å². The van der Waals surface area contributed by atoms with Gasteiger partial charge >= 0.3 is 0 Å². The Morgan fingerprint density at radius 2 is 2.07 bits per heavy atom. The molecule has 1 saturated heterocycles. The largest absolute Gasteiger partial charge is 0.460 e. The van der Waals surface area contributed by atoms with E-state index in [1.54, 1.807) is 11.7 Å². The lowest BCUT2D eigenvalue weighted by Gasteiger charge is -2.19. The molecule has 0 bridgehead atoms. The lowest BCUT2D eigenvalue weighted by Crippen LogP contribution is -2.27. The van der Waals surface area contributed by atoms with Crippen LogP contribution in [0.1, 0.15) is 43.2 Å². The second kappa shape index (κ2) is 8.10. The van der Waals surface area contributed by atoms with Crippen LogP contribution in [0, 0.1) is 0 Å². The van der Waals surface area contributed by atoms with E-state index >= 15 is 0 Å². The summed E-state index contributed by atoms with van der Waals surface area (Å²) in [5, 5.41) is 11.7. The molecule has 3 aromatic rings. The summed E-state index contributed by atoms with van der Waals surface area (Å²) in [6.45, 7) is 3.79. The molecule has 144 valence electrons. The number of nitrogens with one attached hydrogen (secondary N) is 2. The zero-order chi connectivity index (χ0) is 18.1. The maximum atomic E-state index is 12.7. The summed E-state index contributed by atoms with van der Waals surface area (Å²) in [4.78, 5) is 17.2. The van der Waals surface area contributed by atoms with Crippen LogP contribution in [0.25, 0.3) is 11.0 Å². The minimum atomic E-state index is -0.415. The van der Waals surface area contributed by atoms with Gasteiger partial charge in [-0.05, 0) is 45.0 Å². The first-order valence-electron chi connectivity index (χ1n) is 9.03. The highest BCUT2D eigenvalue weighted by molar-refractivity contribution is 5.94. The Labute approximate surface area is 163 Å². The van der Waals surface area contributed by atoms with Crippen molar-refractivity contribution in [3.8, 4) is 0 Å². The highest BCUT2D eigenvalue weighted by Crippen LogP contribution is 2.27. The number of halogens is 1. The van der Waals surface area contributed by atoms with Crippen molar-refractivity contribution in [2.45, 2.75) is 31.6 Å². The quantitative estimate of drug-likeness (QED) is 0.715. The monoisotopic (exact) mass is 389 g/mol. The standard InChI is InChI=1S/C19H23N5O2.ClH/c1-12(16-11-14-5-3-4-6-15(14)26-16)18(25)22-19-21-17(23-24(19)2)13-7-9-20-10-8-13;/h3-6,11-13,20H,7-10H2,1-2H3,(H,21,22,23,25);1H. The molecule has 0 spiro atoms. The van der Waals surface area contributed by atoms with Gasteiger partial charge in [0, 0.05) is 18.4 Å². The number of benzene rings is 1. The first kappa shape index (κ1) is 19.4. The number of nitrogens with zero attached hydrogens (tertiary/aromatic N) is 3. The number of carbonyl (C=O) groups is 1. The topological polar surface area (TPSA) is 85.0 Å². The lowest BCUT2D eigenvalue weighted by atomic mass is 9.98. The van der Waals surface area contributed by atoms with E-state index in [9.17, 15) is 4.79 Å². The molecule has 8 heteroatoms. The second-order valence-corrected chi connectivity index (χ2v) is 6.84. The first-order valence-corrected chi connectivity index (χ1v) is 9.03. The molecule has 1 aliphatic heterocycles.